The van der Waals surface area contributed by atoms with Crippen molar-refractivity contribution >= 4 is 5.78 Å². The van der Waals surface area contributed by atoms with Crippen LogP contribution in [0.1, 0.15) is 91.9 Å². The summed E-state index contributed by atoms with van der Waals surface area (Å²) in [6.07, 6.45) is 12.2. The number of fused-ring (bicyclic) bond motifs is 7. The molecular weight excluding hydrogens is 372 g/mol. The van der Waals surface area contributed by atoms with Gasteiger partial charge in [0.05, 0.1) is 12.7 Å². The average Bonchev–Trinajstić information content (AvgIpc) is 3.16. The second kappa shape index (κ2) is 6.56. The number of ketones is 1. The van der Waals surface area contributed by atoms with Crippen molar-refractivity contribution in [3.05, 3.63) is 0 Å². The minimum atomic E-state index is -0.292. The Bertz CT molecular complexity index is 724. The zero-order chi connectivity index (χ0) is 20.9. The van der Waals surface area contributed by atoms with Gasteiger partial charge in [0.25, 0.3) is 0 Å². The van der Waals surface area contributed by atoms with E-state index in [-0.39, 0.29) is 5.79 Å². The van der Waals surface area contributed by atoms with Crippen LogP contribution in [0.25, 0.3) is 0 Å². The van der Waals surface area contributed by atoms with E-state index in [1.54, 1.807) is 0 Å². The fourth-order valence-electron chi connectivity index (χ4n) is 10.1. The van der Waals surface area contributed by atoms with E-state index >= 15 is 0 Å². The first-order valence-corrected chi connectivity index (χ1v) is 13.1. The molecule has 30 heavy (non-hydrogen) atoms. The summed E-state index contributed by atoms with van der Waals surface area (Å²) in [6, 6.07) is 0. The van der Waals surface area contributed by atoms with E-state index in [0.29, 0.717) is 46.4 Å². The van der Waals surface area contributed by atoms with E-state index in [1.807, 2.05) is 0 Å². The average molecular weight is 415 g/mol. The summed E-state index contributed by atoms with van der Waals surface area (Å²) < 4.78 is 13.4. The molecule has 6 aliphatic rings. The topological polar surface area (TPSA) is 35.5 Å². The Balaban J connectivity index is 1.26. The molecule has 11 atom stereocenters. The van der Waals surface area contributed by atoms with Crippen molar-refractivity contribution in [1.29, 1.82) is 0 Å². The molecule has 4 aliphatic carbocycles. The van der Waals surface area contributed by atoms with Gasteiger partial charge in [0.15, 0.2) is 5.79 Å². The maximum atomic E-state index is 12.2. The van der Waals surface area contributed by atoms with Gasteiger partial charge in [0, 0.05) is 25.2 Å². The molecule has 0 aromatic rings. The third-order valence-corrected chi connectivity index (χ3v) is 11.7. The second-order valence-electron chi connectivity index (χ2n) is 12.9. The standard InChI is InChI=1S/C27H42O3/c1-16-7-12-27(29-15-16)17(2)24-23(30-27)14-22-20-6-5-18-13-19(28)8-10-25(18,3)21(20)9-11-26(22,24)4/h16-18,20-24H,5-15H2,1-4H3/t16-,17+,18?,20?,21?,22?,23?,24?,25+,26+,27-/m1/s1. The third kappa shape index (κ3) is 2.54. The molecule has 6 fully saturated rings. The van der Waals surface area contributed by atoms with Crippen LogP contribution in [0.5, 0.6) is 0 Å². The molecule has 4 saturated carbocycles. The van der Waals surface area contributed by atoms with Crippen LogP contribution in [0.4, 0.5) is 0 Å². The predicted octanol–water partition coefficient (Wildman–Crippen LogP) is 6.00. The van der Waals surface area contributed by atoms with Gasteiger partial charge in [-0.1, -0.05) is 27.7 Å². The summed E-state index contributed by atoms with van der Waals surface area (Å²) in [5.74, 6) is 5.23. The molecule has 168 valence electrons. The van der Waals surface area contributed by atoms with Crippen LogP contribution < -0.4 is 0 Å². The molecule has 3 nitrogen and oxygen atoms in total. The summed E-state index contributed by atoms with van der Waals surface area (Å²) >= 11 is 0. The molecule has 2 saturated heterocycles. The largest absolute Gasteiger partial charge is 0.349 e. The van der Waals surface area contributed by atoms with Crippen molar-refractivity contribution in [2.75, 3.05) is 6.61 Å². The fraction of sp³-hybridized carbons (Fsp3) is 0.963. The Hall–Kier alpha value is -0.410. The molecule has 0 bridgehead atoms. The number of carbonyl (C=O) groups excluding carboxylic acids is 1. The van der Waals surface area contributed by atoms with E-state index in [2.05, 4.69) is 27.7 Å². The fourth-order valence-corrected chi connectivity index (χ4v) is 10.1. The lowest BCUT2D eigenvalue weighted by molar-refractivity contribution is -0.273. The van der Waals surface area contributed by atoms with Gasteiger partial charge >= 0.3 is 0 Å². The van der Waals surface area contributed by atoms with Gasteiger partial charge in [-0.15, -0.1) is 0 Å². The lowest BCUT2D eigenvalue weighted by Gasteiger charge is -2.60. The van der Waals surface area contributed by atoms with Crippen molar-refractivity contribution in [2.24, 2.45) is 52.3 Å². The number of Topliss-reactive ketones (excluding diaryl/α,β-unsaturated/α-hetero) is 1. The molecule has 2 aliphatic heterocycles. The van der Waals surface area contributed by atoms with Gasteiger partial charge in [-0.05, 0) is 91.3 Å². The number of carbonyl (C=O) groups is 1. The number of rotatable bonds is 0. The van der Waals surface area contributed by atoms with Crippen LogP contribution in [0.3, 0.4) is 0 Å². The quantitative estimate of drug-likeness (QED) is 0.487. The molecule has 0 aromatic carbocycles. The van der Waals surface area contributed by atoms with Crippen molar-refractivity contribution in [2.45, 2.75) is 104 Å². The molecule has 2 heterocycles. The summed E-state index contributed by atoms with van der Waals surface area (Å²) in [7, 11) is 0. The SMILES string of the molecule is C[C@@H]1CC[C@@]2(OC1)OC1CC3C4CCC5CC(=O)CC[C@]5(C)C4CC[C@]3(C)C1[C@@H]2C. The maximum absolute atomic E-state index is 12.2. The van der Waals surface area contributed by atoms with Crippen molar-refractivity contribution in [3.8, 4) is 0 Å². The van der Waals surface area contributed by atoms with Crippen molar-refractivity contribution in [3.63, 3.8) is 0 Å². The molecule has 3 heteroatoms. The first-order valence-electron chi connectivity index (χ1n) is 13.1. The Morgan fingerprint density at radius 2 is 1.77 bits per heavy atom. The molecule has 6 unspecified atom stereocenters. The minimum absolute atomic E-state index is 0.292. The summed E-state index contributed by atoms with van der Waals surface area (Å²) in [4.78, 5) is 12.2. The van der Waals surface area contributed by atoms with Crippen LogP contribution in [0.15, 0.2) is 0 Å². The van der Waals surface area contributed by atoms with E-state index in [0.717, 1.165) is 50.0 Å². The number of ether oxygens (including phenoxy) is 2. The van der Waals surface area contributed by atoms with Gasteiger partial charge in [-0.3, -0.25) is 4.79 Å². The van der Waals surface area contributed by atoms with Crippen LogP contribution in [0, 0.1) is 52.3 Å². The molecule has 0 N–H and O–H groups in total. The molecule has 0 radical (unpaired) electrons. The van der Waals surface area contributed by atoms with Gasteiger partial charge in [0.1, 0.15) is 5.78 Å². The molecular formula is C27H42O3. The van der Waals surface area contributed by atoms with Crippen LogP contribution >= 0.6 is 0 Å². The second-order valence-corrected chi connectivity index (χ2v) is 12.9. The summed E-state index contributed by atoms with van der Waals surface area (Å²) in [6.45, 7) is 10.8. The highest BCUT2D eigenvalue weighted by molar-refractivity contribution is 5.79. The van der Waals surface area contributed by atoms with Crippen LogP contribution in [0.2, 0.25) is 0 Å². The first kappa shape index (κ1) is 20.2. The summed E-state index contributed by atoms with van der Waals surface area (Å²) in [5, 5.41) is 0. The highest BCUT2D eigenvalue weighted by Gasteiger charge is 2.69. The van der Waals surface area contributed by atoms with Gasteiger partial charge in [-0.2, -0.15) is 0 Å². The van der Waals surface area contributed by atoms with E-state index in [4.69, 9.17) is 9.47 Å². The van der Waals surface area contributed by atoms with E-state index in [9.17, 15) is 4.79 Å². The molecule has 0 amide bonds. The normalized spacial score (nSPS) is 60.1. The monoisotopic (exact) mass is 414 g/mol. The first-order chi connectivity index (χ1) is 14.3. The number of hydrogen-bond acceptors (Lipinski definition) is 3. The molecule has 0 aromatic heterocycles. The van der Waals surface area contributed by atoms with Crippen LogP contribution in [-0.2, 0) is 14.3 Å². The lowest BCUT2D eigenvalue weighted by Crippen LogP contribution is -2.54. The Morgan fingerprint density at radius 1 is 0.933 bits per heavy atom. The lowest BCUT2D eigenvalue weighted by atomic mass is 9.44. The van der Waals surface area contributed by atoms with Gasteiger partial charge < -0.3 is 9.47 Å². The highest BCUT2D eigenvalue weighted by atomic mass is 16.7. The predicted molar refractivity (Wildman–Crippen MR) is 117 cm³/mol. The zero-order valence-corrected chi connectivity index (χ0v) is 19.6. The molecule has 6 rings (SSSR count). The van der Waals surface area contributed by atoms with Gasteiger partial charge in [0.2, 0.25) is 0 Å². The Morgan fingerprint density at radius 3 is 2.53 bits per heavy atom. The highest BCUT2D eigenvalue weighted by Crippen LogP contribution is 2.71. The van der Waals surface area contributed by atoms with E-state index < -0.39 is 0 Å². The van der Waals surface area contributed by atoms with E-state index in [1.165, 1.54) is 38.5 Å². The number of hydrogen-bond donors (Lipinski definition) is 0. The Labute approximate surface area is 183 Å². The molecule has 1 spiro atoms. The third-order valence-electron chi connectivity index (χ3n) is 11.7. The van der Waals surface area contributed by atoms with Crippen LogP contribution in [-0.4, -0.2) is 24.3 Å². The maximum Gasteiger partial charge on any atom is 0.171 e. The zero-order valence-electron chi connectivity index (χ0n) is 19.6. The van der Waals surface area contributed by atoms with Gasteiger partial charge in [-0.25, -0.2) is 0 Å². The Kier molecular flexibility index (Phi) is 4.42. The summed E-state index contributed by atoms with van der Waals surface area (Å²) in [5.41, 5.74) is 0.820. The van der Waals surface area contributed by atoms with Crippen molar-refractivity contribution in [1.82, 2.24) is 0 Å². The minimum Gasteiger partial charge on any atom is -0.349 e. The smallest absolute Gasteiger partial charge is 0.171 e. The van der Waals surface area contributed by atoms with Crippen molar-refractivity contribution < 1.29 is 14.3 Å².